The molecule has 6 heteroatoms. The maximum Gasteiger partial charge on any atom is 0.277 e. The van der Waals surface area contributed by atoms with Crippen molar-refractivity contribution in [2.24, 2.45) is 0 Å². The average molecular weight is 234 g/mol. The number of aryl methyl sites for hydroxylation is 3. The third-order valence-corrected chi connectivity index (χ3v) is 2.38. The van der Waals surface area contributed by atoms with Gasteiger partial charge in [0.15, 0.2) is 11.5 Å². The second kappa shape index (κ2) is 4.40. The van der Waals surface area contributed by atoms with Gasteiger partial charge in [-0.3, -0.25) is 9.48 Å². The Balaban J connectivity index is 2.14. The van der Waals surface area contributed by atoms with Gasteiger partial charge in [-0.15, -0.1) is 0 Å². The first-order valence-electron chi connectivity index (χ1n) is 5.39. The molecule has 0 aliphatic heterocycles. The van der Waals surface area contributed by atoms with E-state index in [1.54, 1.807) is 23.7 Å². The molecule has 2 aromatic rings. The van der Waals surface area contributed by atoms with Crippen molar-refractivity contribution in [1.29, 1.82) is 0 Å². The molecule has 0 aromatic carbocycles. The van der Waals surface area contributed by atoms with Gasteiger partial charge in [-0.25, -0.2) is 0 Å². The van der Waals surface area contributed by atoms with Crippen LogP contribution in [-0.4, -0.2) is 20.8 Å². The van der Waals surface area contributed by atoms with E-state index in [2.05, 4.69) is 15.6 Å². The Kier molecular flexibility index (Phi) is 2.95. The number of carbonyl (C=O) groups excluding carboxylic acids is 1. The number of nitrogens with one attached hydrogen (secondary N) is 1. The molecule has 0 saturated carbocycles. The van der Waals surface area contributed by atoms with E-state index < -0.39 is 0 Å². The van der Waals surface area contributed by atoms with Crippen molar-refractivity contribution in [1.82, 2.24) is 14.9 Å². The van der Waals surface area contributed by atoms with Crippen LogP contribution in [0, 0.1) is 13.8 Å². The molecule has 1 N–H and O–H groups in total. The molecule has 17 heavy (non-hydrogen) atoms. The zero-order valence-electron chi connectivity index (χ0n) is 10.0. The lowest BCUT2D eigenvalue weighted by atomic mass is 10.3. The summed E-state index contributed by atoms with van der Waals surface area (Å²) in [7, 11) is 0. The van der Waals surface area contributed by atoms with Gasteiger partial charge in [-0.1, -0.05) is 5.16 Å². The van der Waals surface area contributed by atoms with Crippen LogP contribution in [0.3, 0.4) is 0 Å². The lowest BCUT2D eigenvalue weighted by Gasteiger charge is -1.97. The van der Waals surface area contributed by atoms with Crippen molar-refractivity contribution in [3.8, 4) is 0 Å². The van der Waals surface area contributed by atoms with Crippen molar-refractivity contribution in [2.45, 2.75) is 27.3 Å². The van der Waals surface area contributed by atoms with Crippen molar-refractivity contribution in [3.63, 3.8) is 0 Å². The molecule has 0 unspecified atom stereocenters. The monoisotopic (exact) mass is 234 g/mol. The van der Waals surface area contributed by atoms with Gasteiger partial charge < -0.3 is 9.84 Å². The third kappa shape index (κ3) is 2.35. The van der Waals surface area contributed by atoms with Crippen LogP contribution in [0.15, 0.2) is 16.7 Å². The predicted octanol–water partition coefficient (Wildman–Crippen LogP) is 1.76. The first-order chi connectivity index (χ1) is 8.10. The molecule has 0 aliphatic carbocycles. The summed E-state index contributed by atoms with van der Waals surface area (Å²) in [4.78, 5) is 11.8. The van der Waals surface area contributed by atoms with Gasteiger partial charge in [0.25, 0.3) is 5.91 Å². The minimum absolute atomic E-state index is 0.284. The zero-order chi connectivity index (χ0) is 12.4. The summed E-state index contributed by atoms with van der Waals surface area (Å²) in [5.74, 6) is 0.764. The van der Waals surface area contributed by atoms with Crippen LogP contribution in [0.1, 0.15) is 28.9 Å². The first kappa shape index (κ1) is 11.4. The summed E-state index contributed by atoms with van der Waals surface area (Å²) < 4.78 is 6.63. The minimum Gasteiger partial charge on any atom is -0.360 e. The van der Waals surface area contributed by atoms with Crippen molar-refractivity contribution in [2.75, 3.05) is 5.32 Å². The van der Waals surface area contributed by atoms with Crippen LogP contribution in [0.5, 0.6) is 0 Å². The Labute approximate surface area is 98.6 Å². The van der Waals surface area contributed by atoms with Crippen LogP contribution in [0.2, 0.25) is 0 Å². The molecule has 1 amide bonds. The number of aromatic nitrogens is 3. The van der Waals surface area contributed by atoms with Crippen LogP contribution in [-0.2, 0) is 6.54 Å². The fourth-order valence-electron chi connectivity index (χ4n) is 1.55. The maximum absolute atomic E-state index is 11.8. The van der Waals surface area contributed by atoms with Crippen LogP contribution < -0.4 is 5.32 Å². The van der Waals surface area contributed by atoms with E-state index in [1.165, 1.54) is 0 Å². The molecule has 0 saturated heterocycles. The van der Waals surface area contributed by atoms with Gasteiger partial charge in [-0.05, 0) is 26.8 Å². The standard InChI is InChI=1S/C11H14N4O2/c1-4-15-7(2)5-9(13-15)11(16)12-10-6-8(3)17-14-10/h5-6H,4H2,1-3H3,(H,12,14,16). The fourth-order valence-corrected chi connectivity index (χ4v) is 1.55. The average Bonchev–Trinajstić information content (AvgIpc) is 2.85. The highest BCUT2D eigenvalue weighted by molar-refractivity contribution is 6.02. The SMILES string of the molecule is CCn1nc(C(=O)Nc2cc(C)on2)cc1C. The van der Waals surface area contributed by atoms with Gasteiger partial charge in [0.2, 0.25) is 0 Å². The number of carbonyl (C=O) groups is 1. The summed E-state index contributed by atoms with van der Waals surface area (Å²) in [6.45, 7) is 6.39. The smallest absolute Gasteiger partial charge is 0.277 e. The third-order valence-electron chi connectivity index (χ3n) is 2.38. The van der Waals surface area contributed by atoms with Crippen LogP contribution in [0.4, 0.5) is 5.82 Å². The summed E-state index contributed by atoms with van der Waals surface area (Å²) in [5, 5.41) is 10.5. The number of anilines is 1. The van der Waals surface area contributed by atoms with Gasteiger partial charge in [-0.2, -0.15) is 5.10 Å². The van der Waals surface area contributed by atoms with Crippen LogP contribution >= 0.6 is 0 Å². The highest BCUT2D eigenvalue weighted by Gasteiger charge is 2.13. The topological polar surface area (TPSA) is 73.0 Å². The Morgan fingerprint density at radius 2 is 2.24 bits per heavy atom. The van der Waals surface area contributed by atoms with E-state index in [0.29, 0.717) is 17.3 Å². The number of rotatable bonds is 3. The second-order valence-electron chi connectivity index (χ2n) is 3.76. The number of nitrogens with zero attached hydrogens (tertiary/aromatic N) is 3. The number of hydrogen-bond acceptors (Lipinski definition) is 4. The molecule has 90 valence electrons. The van der Waals surface area contributed by atoms with Crippen LogP contribution in [0.25, 0.3) is 0 Å². The lowest BCUT2D eigenvalue weighted by Crippen LogP contribution is -2.13. The normalized spacial score (nSPS) is 10.5. The molecule has 0 radical (unpaired) electrons. The molecule has 0 bridgehead atoms. The van der Waals surface area contributed by atoms with E-state index in [-0.39, 0.29) is 5.91 Å². The molecular weight excluding hydrogens is 220 g/mol. The largest absolute Gasteiger partial charge is 0.360 e. The number of amides is 1. The zero-order valence-corrected chi connectivity index (χ0v) is 10.0. The Hall–Kier alpha value is -2.11. The highest BCUT2D eigenvalue weighted by Crippen LogP contribution is 2.10. The Morgan fingerprint density at radius 3 is 2.76 bits per heavy atom. The second-order valence-corrected chi connectivity index (χ2v) is 3.76. The fraction of sp³-hybridized carbons (Fsp3) is 0.364. The maximum atomic E-state index is 11.8. The first-order valence-corrected chi connectivity index (χ1v) is 5.39. The van der Waals surface area contributed by atoms with Gasteiger partial charge in [0.05, 0.1) is 0 Å². The molecule has 0 atom stereocenters. The molecule has 2 rings (SSSR count). The molecule has 0 fully saturated rings. The molecule has 0 aliphatic rings. The molecule has 2 heterocycles. The van der Waals surface area contributed by atoms with Crippen molar-refractivity contribution < 1.29 is 9.32 Å². The van der Waals surface area contributed by atoms with E-state index in [0.717, 1.165) is 12.2 Å². The molecule has 2 aromatic heterocycles. The molecule has 6 nitrogen and oxygen atoms in total. The van der Waals surface area contributed by atoms with E-state index in [4.69, 9.17) is 4.52 Å². The van der Waals surface area contributed by atoms with Gasteiger partial charge in [0.1, 0.15) is 5.76 Å². The highest BCUT2D eigenvalue weighted by atomic mass is 16.5. The van der Waals surface area contributed by atoms with E-state index in [1.807, 2.05) is 13.8 Å². The minimum atomic E-state index is -0.284. The summed E-state index contributed by atoms with van der Waals surface area (Å²) in [5.41, 5.74) is 1.33. The van der Waals surface area contributed by atoms with Gasteiger partial charge in [0, 0.05) is 18.3 Å². The Bertz CT molecular complexity index is 541. The molecule has 0 spiro atoms. The molecular formula is C11H14N4O2. The summed E-state index contributed by atoms with van der Waals surface area (Å²) >= 11 is 0. The summed E-state index contributed by atoms with van der Waals surface area (Å²) in [6.07, 6.45) is 0. The number of hydrogen-bond donors (Lipinski definition) is 1. The van der Waals surface area contributed by atoms with Crippen molar-refractivity contribution >= 4 is 11.7 Å². The summed E-state index contributed by atoms with van der Waals surface area (Å²) in [6, 6.07) is 3.40. The van der Waals surface area contributed by atoms with E-state index in [9.17, 15) is 4.79 Å². The van der Waals surface area contributed by atoms with Gasteiger partial charge >= 0.3 is 0 Å². The quantitative estimate of drug-likeness (QED) is 0.878. The van der Waals surface area contributed by atoms with Crippen molar-refractivity contribution in [3.05, 3.63) is 29.3 Å². The lowest BCUT2D eigenvalue weighted by molar-refractivity contribution is 0.102. The predicted molar refractivity (Wildman–Crippen MR) is 61.8 cm³/mol. The Morgan fingerprint density at radius 1 is 1.47 bits per heavy atom. The van der Waals surface area contributed by atoms with E-state index >= 15 is 0 Å².